The summed E-state index contributed by atoms with van der Waals surface area (Å²) in [6.07, 6.45) is -18.6. The first-order chi connectivity index (χ1) is 46.7. The van der Waals surface area contributed by atoms with Crippen LogP contribution in [0.15, 0.2) is 0 Å². The van der Waals surface area contributed by atoms with Gasteiger partial charge in [0, 0.05) is 84.1 Å². The summed E-state index contributed by atoms with van der Waals surface area (Å²) in [5, 5.41) is 99.4. The van der Waals surface area contributed by atoms with Gasteiger partial charge in [0.15, 0.2) is 18.9 Å². The minimum absolute atomic E-state index is 0.00296. The number of carbonyl (C=O) groups is 6. The van der Waals surface area contributed by atoms with Crippen molar-refractivity contribution in [3.63, 3.8) is 0 Å². The lowest BCUT2D eigenvalue weighted by molar-refractivity contribution is -0.270. The van der Waals surface area contributed by atoms with E-state index in [2.05, 4.69) is 16.0 Å². The summed E-state index contributed by atoms with van der Waals surface area (Å²) in [6, 6.07) is -6.23. The summed E-state index contributed by atoms with van der Waals surface area (Å²) in [4.78, 5) is 104. The number of hydrogen-bond acceptors (Lipinski definition) is 30. The van der Waals surface area contributed by atoms with Gasteiger partial charge >= 0.3 is 23.9 Å². The Morgan fingerprint density at radius 1 is 0.505 bits per heavy atom. The summed E-state index contributed by atoms with van der Waals surface area (Å²) >= 11 is 0. The molecule has 41 heteroatoms. The van der Waals surface area contributed by atoms with E-state index in [0.29, 0.717) is 25.8 Å². The zero-order valence-electron chi connectivity index (χ0n) is 56.3. The molecule has 14 N–H and O–H groups in total. The normalized spacial score (nSPS) is 34.1. The van der Waals surface area contributed by atoms with Crippen LogP contribution in [0.1, 0.15) is 119 Å². The van der Waals surface area contributed by atoms with Gasteiger partial charge in [0.05, 0.1) is 63.4 Å². The SMILES string of the molecule is CC(=O)NC1C(OCCCCC(=O)N2C[C@H](C)C[C@H]2COP(=O)(O)O[C@@H]2C[C@@H](COP(=O)(O)O[C@@H]3C[C@@H](CO[P+](=O)OC(C)C)N(C(=O)CCCCOC4OC(CO)C(O)C(O)C4NC(C)=O)C3)N(C(=O)CCCCOC3OC(CO)C(O)C(O)C3NC(C)=O)C2)OC(CO)C(O)C1O. The van der Waals surface area contributed by atoms with E-state index in [4.69, 9.17) is 55.6 Å². The van der Waals surface area contributed by atoms with Crippen LogP contribution >= 0.6 is 23.9 Å². The molecule has 0 aromatic rings. The van der Waals surface area contributed by atoms with E-state index in [9.17, 15) is 98.2 Å². The fourth-order valence-corrected chi connectivity index (χ4v) is 15.2. The molecule has 38 nitrogen and oxygen atoms in total. The molecule has 6 amide bonds. The maximum Gasteiger partial charge on any atom is 0.697 e. The molecule has 6 aliphatic rings. The van der Waals surface area contributed by atoms with E-state index in [1.54, 1.807) is 13.8 Å². The minimum atomic E-state index is -5.13. The van der Waals surface area contributed by atoms with Gasteiger partial charge in [0.25, 0.3) is 0 Å². The van der Waals surface area contributed by atoms with E-state index in [1.165, 1.54) is 35.5 Å². The first-order valence-corrected chi connectivity index (χ1v) is 37.3. The summed E-state index contributed by atoms with van der Waals surface area (Å²) in [6.45, 7) is 4.68. The maximum absolute atomic E-state index is 14.1. The Hall–Kier alpha value is -3.54. The largest absolute Gasteiger partial charge is 0.697 e. The van der Waals surface area contributed by atoms with Crippen molar-refractivity contribution in [1.29, 1.82) is 0 Å². The molecular weight excluding hydrogens is 1390 g/mol. The molecule has 0 bridgehead atoms. The number of phosphoric ester groups is 2. The highest BCUT2D eigenvalue weighted by Gasteiger charge is 2.50. The number of amides is 6. The van der Waals surface area contributed by atoms with Crippen LogP contribution < -0.4 is 16.0 Å². The third-order valence-corrected chi connectivity index (χ3v) is 20.4. The van der Waals surface area contributed by atoms with Crippen LogP contribution in [0.5, 0.6) is 0 Å². The molecular formula is C58H102N6O32P3+. The van der Waals surface area contributed by atoms with Gasteiger partial charge in [-0.05, 0) is 77.6 Å². The Kier molecular flexibility index (Phi) is 34.2. The highest BCUT2D eigenvalue weighted by atomic mass is 31.2. The number of unbranched alkanes of at least 4 members (excludes halogenated alkanes) is 3. The molecule has 0 aromatic heterocycles. The molecule has 6 heterocycles. The van der Waals surface area contributed by atoms with Crippen molar-refractivity contribution in [3.8, 4) is 0 Å². The van der Waals surface area contributed by atoms with Gasteiger partial charge in [-0.2, -0.15) is 0 Å². The lowest BCUT2D eigenvalue weighted by Gasteiger charge is -2.42. The second kappa shape index (κ2) is 40.1. The molecule has 0 radical (unpaired) electrons. The first kappa shape index (κ1) is 84.4. The Bertz CT molecular complexity index is 2720. The summed E-state index contributed by atoms with van der Waals surface area (Å²) < 4.78 is 107. The van der Waals surface area contributed by atoms with E-state index in [1.807, 2.05) is 6.92 Å². The molecule has 6 rings (SSSR count). The third-order valence-electron chi connectivity index (χ3n) is 17.4. The summed E-state index contributed by atoms with van der Waals surface area (Å²) in [7, 11) is -12.8. The van der Waals surface area contributed by atoms with E-state index in [-0.39, 0.29) is 109 Å². The highest BCUT2D eigenvalue weighted by molar-refractivity contribution is 7.47. The molecule has 18 unspecified atom stereocenters. The van der Waals surface area contributed by atoms with E-state index in [0.717, 1.165) is 0 Å². The molecule has 24 atom stereocenters. The van der Waals surface area contributed by atoms with Crippen molar-refractivity contribution < 1.29 is 154 Å². The first-order valence-electron chi connectivity index (χ1n) is 33.3. The molecule has 0 aliphatic carbocycles. The van der Waals surface area contributed by atoms with Crippen LogP contribution in [-0.4, -0.2) is 313 Å². The van der Waals surface area contributed by atoms with Gasteiger partial charge < -0.3 is 115 Å². The van der Waals surface area contributed by atoms with E-state index < -0.39 is 215 Å². The minimum Gasteiger partial charge on any atom is -0.394 e. The van der Waals surface area contributed by atoms with Crippen molar-refractivity contribution in [1.82, 2.24) is 30.7 Å². The average Bonchev–Trinajstić information content (AvgIpc) is 1.75. The lowest BCUT2D eigenvalue weighted by atomic mass is 9.97. The molecule has 6 saturated heterocycles. The number of nitrogens with zero attached hydrogens (tertiary/aromatic N) is 3. The molecule has 570 valence electrons. The number of aliphatic hydroxyl groups is 9. The van der Waals surface area contributed by atoms with Crippen LogP contribution in [0.25, 0.3) is 0 Å². The molecule has 0 spiro atoms. The Labute approximate surface area is 573 Å². The molecule has 0 saturated carbocycles. The Balaban J connectivity index is 1.06. The number of hydrogen-bond donors (Lipinski definition) is 14. The fourth-order valence-electron chi connectivity index (χ4n) is 12.6. The van der Waals surface area contributed by atoms with Gasteiger partial charge in [0.2, 0.25) is 35.4 Å². The number of phosphoric acid groups is 2. The third kappa shape index (κ3) is 25.6. The van der Waals surface area contributed by atoms with Crippen LogP contribution in [-0.2, 0) is 98.0 Å². The second-order valence-electron chi connectivity index (χ2n) is 25.9. The number of rotatable bonds is 39. The van der Waals surface area contributed by atoms with Gasteiger partial charge in [-0.3, -0.25) is 46.9 Å². The van der Waals surface area contributed by atoms with Gasteiger partial charge in [0.1, 0.15) is 85.8 Å². The summed E-state index contributed by atoms with van der Waals surface area (Å²) in [5.74, 6) is -3.05. The quantitative estimate of drug-likeness (QED) is 0.0214. The standard InChI is InChI=1S/C58H101N6O32P3/c1-31(2)94-97(80)88-28-37-20-39(23-63(37)45(72)14-8-11-17-86-57-48(60-34(5)69)54(78)51(75)42(26-66)92-57)95-99(83,84)90-30-38-21-40(24-64(38)46(73)15-9-12-18-87-58-49(61-35(6)70)55(79)52(76)43(27-67)93-58)96-98(81,82)89-29-36-19-32(3)22-62(36)44(71)13-7-10-16-85-56-47(59-33(4)68)53(77)50(74)41(25-65)91-56/h31-32,36-43,47-58,65-67,74-79H,7-30H2,1-6H3,(H4-,59,60,61,68,69,70,81,82,83,84)/p+1/t32-,36+,37+,38+,39-,40-,41?,42?,43?,47?,48?,49?,50?,51?,52?,53?,54?,55?,56?,57?,58?/m1/s1. The highest BCUT2D eigenvalue weighted by Crippen LogP contribution is 2.50. The monoisotopic (exact) mass is 1490 g/mol. The second-order valence-corrected chi connectivity index (χ2v) is 29.6. The topological polar surface area (TPSA) is 533 Å². The zero-order valence-corrected chi connectivity index (χ0v) is 59.0. The fraction of sp³-hybridized carbons (Fsp3) is 0.897. The van der Waals surface area contributed by atoms with Crippen LogP contribution in [0.4, 0.5) is 0 Å². The van der Waals surface area contributed by atoms with Crippen molar-refractivity contribution in [3.05, 3.63) is 0 Å². The maximum atomic E-state index is 14.1. The molecule has 6 fully saturated rings. The lowest BCUT2D eigenvalue weighted by Crippen LogP contribution is -2.64. The molecule has 0 aromatic carbocycles. The van der Waals surface area contributed by atoms with Crippen molar-refractivity contribution in [2.75, 3.05) is 79.1 Å². The van der Waals surface area contributed by atoms with Gasteiger partial charge in [-0.1, -0.05) is 6.92 Å². The predicted octanol–water partition coefficient (Wildman–Crippen LogP) is -3.08. The average molecular weight is 1490 g/mol. The van der Waals surface area contributed by atoms with Crippen LogP contribution in [0.3, 0.4) is 0 Å². The van der Waals surface area contributed by atoms with Crippen molar-refractivity contribution in [2.45, 2.75) is 247 Å². The number of likely N-dealkylation sites (tertiary alicyclic amines) is 3. The number of nitrogens with one attached hydrogen (secondary N) is 3. The van der Waals surface area contributed by atoms with E-state index >= 15 is 0 Å². The summed E-state index contributed by atoms with van der Waals surface area (Å²) in [5.41, 5.74) is 0. The van der Waals surface area contributed by atoms with Gasteiger partial charge in [-0.15, -0.1) is 9.05 Å². The van der Waals surface area contributed by atoms with Crippen LogP contribution in [0, 0.1) is 5.92 Å². The van der Waals surface area contributed by atoms with Crippen LogP contribution in [0.2, 0.25) is 0 Å². The Morgan fingerprint density at radius 3 is 1.15 bits per heavy atom. The predicted molar refractivity (Wildman–Crippen MR) is 336 cm³/mol. The number of ether oxygens (including phenoxy) is 6. The van der Waals surface area contributed by atoms with Gasteiger partial charge in [-0.25, -0.2) is 9.13 Å². The smallest absolute Gasteiger partial charge is 0.394 e. The van der Waals surface area contributed by atoms with Crippen molar-refractivity contribution in [2.24, 2.45) is 5.92 Å². The number of aliphatic hydroxyl groups excluding tert-OH is 9. The Morgan fingerprint density at radius 2 is 0.828 bits per heavy atom. The molecule has 6 aliphatic heterocycles. The molecule has 99 heavy (non-hydrogen) atoms. The van der Waals surface area contributed by atoms with Crippen molar-refractivity contribution >= 4 is 59.3 Å². The number of carbonyl (C=O) groups excluding carboxylic acids is 6. The zero-order chi connectivity index (χ0) is 73.1.